The summed E-state index contributed by atoms with van der Waals surface area (Å²) in [5, 5.41) is 17.2. The van der Waals surface area contributed by atoms with E-state index in [1.807, 2.05) is 13.8 Å². The molecule has 7 nitrogen and oxygen atoms in total. The lowest BCUT2D eigenvalue weighted by atomic mass is 10.1. The van der Waals surface area contributed by atoms with E-state index in [1.54, 1.807) is 6.07 Å². The molecule has 3 aromatic rings. The van der Waals surface area contributed by atoms with Gasteiger partial charge in [-0.15, -0.1) is 10.2 Å². The van der Waals surface area contributed by atoms with Gasteiger partial charge in [-0.3, -0.25) is 10.1 Å². The van der Waals surface area contributed by atoms with Crippen LogP contribution in [0.2, 0.25) is 0 Å². The summed E-state index contributed by atoms with van der Waals surface area (Å²) in [6, 6.07) is 1.76. The highest BCUT2D eigenvalue weighted by molar-refractivity contribution is 7.15. The van der Waals surface area contributed by atoms with Crippen LogP contribution in [0.5, 0.6) is 0 Å². The number of nitrogens with zero attached hydrogens (tertiary/aromatic N) is 4. The van der Waals surface area contributed by atoms with E-state index in [0.717, 1.165) is 28.9 Å². The molecule has 0 fully saturated rings. The molecule has 0 saturated heterocycles. The van der Waals surface area contributed by atoms with Crippen LogP contribution in [0, 0.1) is 0 Å². The van der Waals surface area contributed by atoms with E-state index in [0.29, 0.717) is 16.4 Å². The second-order valence-corrected chi connectivity index (χ2v) is 7.27. The molecule has 0 radical (unpaired) electrons. The number of aromatic nitrogens is 4. The third-order valence-corrected chi connectivity index (χ3v) is 4.75. The summed E-state index contributed by atoms with van der Waals surface area (Å²) in [6.07, 6.45) is 5.80. The van der Waals surface area contributed by atoms with E-state index >= 15 is 0 Å². The smallest absolute Gasteiger partial charge is 0.259 e. The molecule has 3 heterocycles. The molecule has 1 N–H and O–H groups in total. The van der Waals surface area contributed by atoms with Crippen LogP contribution in [0.3, 0.4) is 0 Å². The Morgan fingerprint density at radius 3 is 2.92 bits per heavy atom. The molecule has 0 atom stereocenters. The summed E-state index contributed by atoms with van der Waals surface area (Å²) in [5.74, 6) is -0.0724. The van der Waals surface area contributed by atoms with Crippen molar-refractivity contribution in [3.05, 3.63) is 28.5 Å². The van der Waals surface area contributed by atoms with Crippen molar-refractivity contribution in [2.24, 2.45) is 0 Å². The van der Waals surface area contributed by atoms with Gasteiger partial charge in [0.05, 0.1) is 16.6 Å². The fourth-order valence-electron chi connectivity index (χ4n) is 2.49. The second kappa shape index (κ2) is 7.69. The van der Waals surface area contributed by atoms with Gasteiger partial charge in [0.15, 0.2) is 0 Å². The van der Waals surface area contributed by atoms with Gasteiger partial charge < -0.3 is 4.52 Å². The molecule has 0 aromatic carbocycles. The minimum absolute atomic E-state index is 0.190. The maximum absolute atomic E-state index is 12.5. The van der Waals surface area contributed by atoms with Crippen LogP contribution in [0.15, 0.2) is 16.8 Å². The third-order valence-electron chi connectivity index (χ3n) is 3.85. The van der Waals surface area contributed by atoms with Crippen LogP contribution >= 0.6 is 11.3 Å². The van der Waals surface area contributed by atoms with Crippen LogP contribution < -0.4 is 5.32 Å². The molecule has 25 heavy (non-hydrogen) atoms. The van der Waals surface area contributed by atoms with E-state index in [9.17, 15) is 4.79 Å². The Morgan fingerprint density at radius 2 is 2.16 bits per heavy atom. The lowest BCUT2D eigenvalue weighted by Crippen LogP contribution is -2.12. The van der Waals surface area contributed by atoms with Crippen LogP contribution in [0.25, 0.3) is 11.1 Å². The molecule has 8 heteroatoms. The lowest BCUT2D eigenvalue weighted by Gasteiger charge is -2.02. The van der Waals surface area contributed by atoms with Gasteiger partial charge in [0.25, 0.3) is 11.6 Å². The summed E-state index contributed by atoms with van der Waals surface area (Å²) in [5.41, 5.74) is 1.68. The number of anilines is 1. The molecule has 132 valence electrons. The molecule has 0 aliphatic heterocycles. The first-order chi connectivity index (χ1) is 12.1. The molecule has 3 aromatic heterocycles. The van der Waals surface area contributed by atoms with E-state index in [1.165, 1.54) is 30.4 Å². The number of hydrogen-bond donors (Lipinski definition) is 1. The van der Waals surface area contributed by atoms with Crippen molar-refractivity contribution in [1.29, 1.82) is 0 Å². The van der Waals surface area contributed by atoms with Gasteiger partial charge in [-0.2, -0.15) is 0 Å². The minimum atomic E-state index is -0.262. The molecule has 0 bridgehead atoms. The van der Waals surface area contributed by atoms with Crippen molar-refractivity contribution in [3.63, 3.8) is 0 Å². The Morgan fingerprint density at radius 1 is 1.32 bits per heavy atom. The maximum atomic E-state index is 12.5. The molecule has 1 amide bonds. The zero-order valence-electron chi connectivity index (χ0n) is 14.6. The molecule has 0 aliphatic rings. The molecule has 0 aliphatic carbocycles. The monoisotopic (exact) mass is 359 g/mol. The topological polar surface area (TPSA) is 93.8 Å². The first-order valence-corrected chi connectivity index (χ1v) is 9.29. The summed E-state index contributed by atoms with van der Waals surface area (Å²) < 4.78 is 5.20. The normalized spacial score (nSPS) is 11.4. The number of fused-ring (bicyclic) bond motifs is 1. The van der Waals surface area contributed by atoms with Gasteiger partial charge in [0, 0.05) is 12.6 Å². The number of amides is 1. The predicted octanol–water partition coefficient (Wildman–Crippen LogP) is 4.18. The van der Waals surface area contributed by atoms with Gasteiger partial charge >= 0.3 is 0 Å². The maximum Gasteiger partial charge on any atom is 0.259 e. The first kappa shape index (κ1) is 17.5. The van der Waals surface area contributed by atoms with E-state index < -0.39 is 0 Å². The van der Waals surface area contributed by atoms with Crippen molar-refractivity contribution in [3.8, 4) is 0 Å². The number of rotatable bonds is 7. The van der Waals surface area contributed by atoms with Gasteiger partial charge in [0.1, 0.15) is 5.01 Å². The van der Waals surface area contributed by atoms with Crippen molar-refractivity contribution in [2.45, 2.75) is 52.4 Å². The van der Waals surface area contributed by atoms with Crippen molar-refractivity contribution >= 4 is 33.5 Å². The summed E-state index contributed by atoms with van der Waals surface area (Å²) in [7, 11) is 0. The molecule has 0 unspecified atom stereocenters. The number of carbonyl (C=O) groups is 1. The molecular weight excluding hydrogens is 338 g/mol. The Labute approximate surface area is 149 Å². The average molecular weight is 359 g/mol. The van der Waals surface area contributed by atoms with Crippen molar-refractivity contribution in [2.75, 3.05) is 5.32 Å². The summed E-state index contributed by atoms with van der Waals surface area (Å²) in [6.45, 7) is 6.20. The number of pyridine rings is 1. The third kappa shape index (κ3) is 4.01. The zero-order chi connectivity index (χ0) is 17.8. The molecule has 0 spiro atoms. The van der Waals surface area contributed by atoms with Crippen LogP contribution in [0.1, 0.15) is 67.0 Å². The molecular formula is C17H21N5O2S. The fourth-order valence-corrected chi connectivity index (χ4v) is 3.27. The molecule has 3 rings (SSSR count). The van der Waals surface area contributed by atoms with Gasteiger partial charge in [-0.1, -0.05) is 50.1 Å². The van der Waals surface area contributed by atoms with E-state index in [2.05, 4.69) is 32.6 Å². The highest BCUT2D eigenvalue weighted by atomic mass is 32.1. The molecule has 0 saturated carbocycles. The number of nitrogens with one attached hydrogen (secondary N) is 1. The number of carbonyl (C=O) groups excluding carboxylic acids is 1. The Kier molecular flexibility index (Phi) is 5.37. The van der Waals surface area contributed by atoms with Gasteiger partial charge in [-0.05, 0) is 18.4 Å². The average Bonchev–Trinajstić information content (AvgIpc) is 3.21. The fraction of sp³-hybridized carbons (Fsp3) is 0.471. The van der Waals surface area contributed by atoms with Crippen molar-refractivity contribution < 1.29 is 9.32 Å². The quantitative estimate of drug-likeness (QED) is 0.636. The SMILES string of the molecule is CCCCCc1nnc(NC(=O)c2cnc3onc(C(C)C)c3c2)s1. The highest BCUT2D eigenvalue weighted by Crippen LogP contribution is 2.25. The van der Waals surface area contributed by atoms with E-state index in [4.69, 9.17) is 4.52 Å². The number of unbranched alkanes of at least 4 members (excludes halogenated alkanes) is 2. The van der Waals surface area contributed by atoms with E-state index in [-0.39, 0.29) is 11.8 Å². The second-order valence-electron chi connectivity index (χ2n) is 6.21. The van der Waals surface area contributed by atoms with Crippen LogP contribution in [0.4, 0.5) is 5.13 Å². The number of hydrogen-bond acceptors (Lipinski definition) is 7. The summed E-state index contributed by atoms with van der Waals surface area (Å²) in [4.78, 5) is 16.6. The zero-order valence-corrected chi connectivity index (χ0v) is 15.4. The van der Waals surface area contributed by atoms with Gasteiger partial charge in [0.2, 0.25) is 5.13 Å². The highest BCUT2D eigenvalue weighted by Gasteiger charge is 2.16. The van der Waals surface area contributed by atoms with Gasteiger partial charge in [-0.25, -0.2) is 4.98 Å². The largest absolute Gasteiger partial charge is 0.336 e. The Balaban J connectivity index is 1.72. The Bertz CT molecular complexity index is 871. The lowest BCUT2D eigenvalue weighted by molar-refractivity contribution is 0.102. The van der Waals surface area contributed by atoms with Crippen LogP contribution in [-0.4, -0.2) is 26.2 Å². The number of aryl methyl sites for hydroxylation is 1. The Hall–Kier alpha value is -2.35. The standard InChI is InChI=1S/C17H21N5O2S/c1-4-5-6-7-13-20-21-17(25-13)19-15(23)11-8-12-14(10(2)3)22-24-16(12)18-9-11/h8-10H,4-7H2,1-3H3,(H,19,21,23). The van der Waals surface area contributed by atoms with Crippen molar-refractivity contribution in [1.82, 2.24) is 20.3 Å². The minimum Gasteiger partial charge on any atom is -0.336 e. The van der Waals surface area contributed by atoms with Crippen LogP contribution in [-0.2, 0) is 6.42 Å². The summed E-state index contributed by atoms with van der Waals surface area (Å²) >= 11 is 1.41. The predicted molar refractivity (Wildman–Crippen MR) is 97.0 cm³/mol. The first-order valence-electron chi connectivity index (χ1n) is 8.47.